The number of hydrogen-bond donors (Lipinski definition) is 1. The number of ether oxygens (including phenoxy) is 1. The molecule has 1 saturated heterocycles. The predicted molar refractivity (Wildman–Crippen MR) is 122 cm³/mol. The van der Waals surface area contributed by atoms with E-state index in [0.29, 0.717) is 48.3 Å². The van der Waals surface area contributed by atoms with E-state index in [1.165, 1.54) is 12.1 Å². The predicted octanol–water partition coefficient (Wildman–Crippen LogP) is 3.52. The summed E-state index contributed by atoms with van der Waals surface area (Å²) in [6.45, 7) is 4.14. The first kappa shape index (κ1) is 21.6. The van der Waals surface area contributed by atoms with E-state index >= 15 is 0 Å². The first-order chi connectivity index (χ1) is 16.0. The fourth-order valence-corrected chi connectivity index (χ4v) is 4.61. The van der Waals surface area contributed by atoms with Crippen molar-refractivity contribution in [1.82, 2.24) is 20.0 Å². The quantitative estimate of drug-likeness (QED) is 0.439. The smallest absolute Gasteiger partial charge is 0.273 e. The van der Waals surface area contributed by atoms with Gasteiger partial charge in [0.25, 0.3) is 11.6 Å². The number of morpholine rings is 1. The number of nitrogens with zero attached hydrogens (tertiary/aromatic N) is 4. The number of carbonyl (C=O) groups excluding carboxylic acids is 1. The van der Waals surface area contributed by atoms with E-state index in [1.807, 2.05) is 18.2 Å². The molecule has 1 fully saturated rings. The fourth-order valence-electron chi connectivity index (χ4n) is 4.48. The van der Waals surface area contributed by atoms with Crippen molar-refractivity contribution in [3.8, 4) is 11.3 Å². The molecule has 5 rings (SSSR count). The van der Waals surface area contributed by atoms with Crippen LogP contribution >= 0.6 is 11.6 Å². The fraction of sp³-hybridized carbons (Fsp3) is 0.304. The lowest BCUT2D eigenvalue weighted by Gasteiger charge is -2.31. The number of amides is 1. The van der Waals surface area contributed by atoms with Crippen LogP contribution in [-0.2, 0) is 4.74 Å². The monoisotopic (exact) mass is 467 g/mol. The molecule has 10 heteroatoms. The summed E-state index contributed by atoms with van der Waals surface area (Å²) < 4.78 is 5.42. The van der Waals surface area contributed by atoms with Gasteiger partial charge in [0.15, 0.2) is 0 Å². The Labute approximate surface area is 195 Å². The maximum atomic E-state index is 13.4. The maximum Gasteiger partial charge on any atom is 0.273 e. The summed E-state index contributed by atoms with van der Waals surface area (Å²) in [5.74, 6) is -0.164. The van der Waals surface area contributed by atoms with Crippen LogP contribution in [0.4, 0.5) is 5.69 Å². The number of nitrogens with one attached hydrogen (secondary N) is 1. The van der Waals surface area contributed by atoms with Crippen molar-refractivity contribution in [3.05, 3.63) is 80.5 Å². The summed E-state index contributed by atoms with van der Waals surface area (Å²) in [6, 6.07) is 13.2. The average Bonchev–Trinajstić information content (AvgIpc) is 3.38. The van der Waals surface area contributed by atoms with Gasteiger partial charge in [0.05, 0.1) is 29.9 Å². The van der Waals surface area contributed by atoms with Gasteiger partial charge in [0, 0.05) is 54.5 Å². The average molecular weight is 468 g/mol. The number of fused-ring (bicyclic) bond motifs is 1. The molecule has 2 aliphatic heterocycles. The molecular weight excluding hydrogens is 446 g/mol. The van der Waals surface area contributed by atoms with E-state index in [0.717, 1.165) is 24.2 Å². The van der Waals surface area contributed by atoms with Gasteiger partial charge >= 0.3 is 0 Å². The second-order valence-corrected chi connectivity index (χ2v) is 8.51. The Hall–Kier alpha value is -3.27. The van der Waals surface area contributed by atoms with E-state index in [2.05, 4.69) is 15.1 Å². The Kier molecular flexibility index (Phi) is 5.84. The lowest BCUT2D eigenvalue weighted by atomic mass is 9.96. The number of H-pyrrole nitrogens is 1. The minimum Gasteiger partial charge on any atom is -0.379 e. The second-order valence-electron chi connectivity index (χ2n) is 8.07. The largest absolute Gasteiger partial charge is 0.379 e. The molecule has 33 heavy (non-hydrogen) atoms. The molecule has 0 radical (unpaired) electrons. The highest BCUT2D eigenvalue weighted by Gasteiger charge is 2.42. The van der Waals surface area contributed by atoms with Crippen molar-refractivity contribution < 1.29 is 14.5 Å². The van der Waals surface area contributed by atoms with Crippen molar-refractivity contribution in [3.63, 3.8) is 0 Å². The zero-order valence-electron chi connectivity index (χ0n) is 17.7. The van der Waals surface area contributed by atoms with Gasteiger partial charge in [-0.05, 0) is 17.7 Å². The summed E-state index contributed by atoms with van der Waals surface area (Å²) in [4.78, 5) is 28.5. The van der Waals surface area contributed by atoms with Crippen molar-refractivity contribution in [2.75, 3.05) is 39.4 Å². The first-order valence-electron chi connectivity index (χ1n) is 10.7. The van der Waals surface area contributed by atoms with Crippen LogP contribution in [0.3, 0.4) is 0 Å². The van der Waals surface area contributed by atoms with Crippen LogP contribution in [0.1, 0.15) is 27.7 Å². The van der Waals surface area contributed by atoms with Gasteiger partial charge in [-0.25, -0.2) is 0 Å². The molecule has 2 aliphatic rings. The van der Waals surface area contributed by atoms with Crippen LogP contribution in [0.2, 0.25) is 5.02 Å². The van der Waals surface area contributed by atoms with Gasteiger partial charge < -0.3 is 9.64 Å². The Bertz CT molecular complexity index is 1190. The lowest BCUT2D eigenvalue weighted by molar-refractivity contribution is -0.384. The van der Waals surface area contributed by atoms with Gasteiger partial charge in [0.1, 0.15) is 5.69 Å². The highest BCUT2D eigenvalue weighted by atomic mass is 35.5. The molecular formula is C23H22ClN5O4. The summed E-state index contributed by atoms with van der Waals surface area (Å²) in [5.41, 5.74) is 3.26. The number of benzene rings is 2. The third-order valence-corrected chi connectivity index (χ3v) is 6.39. The molecule has 1 aromatic heterocycles. The van der Waals surface area contributed by atoms with Crippen molar-refractivity contribution in [2.24, 2.45) is 0 Å². The van der Waals surface area contributed by atoms with Crippen LogP contribution in [0.15, 0.2) is 48.5 Å². The van der Waals surface area contributed by atoms with Crippen LogP contribution in [0, 0.1) is 10.1 Å². The van der Waals surface area contributed by atoms with E-state index in [4.69, 9.17) is 16.3 Å². The van der Waals surface area contributed by atoms with Crippen LogP contribution in [0.25, 0.3) is 11.3 Å². The minimum absolute atomic E-state index is 0.0157. The zero-order chi connectivity index (χ0) is 22.9. The van der Waals surface area contributed by atoms with Crippen LogP contribution in [-0.4, -0.2) is 70.2 Å². The van der Waals surface area contributed by atoms with E-state index < -0.39 is 11.0 Å². The standard InChI is InChI=1S/C23H22ClN5O4/c24-17-6-4-15(5-7-17)20-19-21(26-25-20)23(30)28(9-8-27-10-12-33-13-11-27)22(19)16-2-1-3-18(14-16)29(31)32/h1-7,14,22H,8-13H2,(H,25,26). The number of non-ortho nitro benzene ring substituents is 1. The highest BCUT2D eigenvalue weighted by molar-refractivity contribution is 6.30. The molecule has 0 bridgehead atoms. The molecule has 9 nitrogen and oxygen atoms in total. The number of halogens is 1. The topological polar surface area (TPSA) is 105 Å². The van der Waals surface area contributed by atoms with Gasteiger partial charge in [-0.2, -0.15) is 5.10 Å². The van der Waals surface area contributed by atoms with Crippen molar-refractivity contribution in [2.45, 2.75) is 6.04 Å². The number of rotatable bonds is 6. The Balaban J connectivity index is 1.56. The third kappa shape index (κ3) is 4.10. The van der Waals surface area contributed by atoms with Crippen LogP contribution < -0.4 is 0 Å². The second kappa shape index (κ2) is 8.93. The molecule has 1 N–H and O–H groups in total. The molecule has 0 aliphatic carbocycles. The summed E-state index contributed by atoms with van der Waals surface area (Å²) >= 11 is 6.06. The molecule has 1 atom stereocenters. The molecule has 3 heterocycles. The third-order valence-electron chi connectivity index (χ3n) is 6.14. The summed E-state index contributed by atoms with van der Waals surface area (Å²) in [7, 11) is 0. The van der Waals surface area contributed by atoms with Crippen molar-refractivity contribution in [1.29, 1.82) is 0 Å². The summed E-state index contributed by atoms with van der Waals surface area (Å²) in [5, 5.41) is 19.4. The van der Waals surface area contributed by atoms with E-state index in [9.17, 15) is 14.9 Å². The number of aromatic nitrogens is 2. The Morgan fingerprint density at radius 2 is 1.91 bits per heavy atom. The highest BCUT2D eigenvalue weighted by Crippen LogP contribution is 2.43. The molecule has 1 amide bonds. The molecule has 0 spiro atoms. The number of carbonyl (C=O) groups is 1. The number of aromatic amines is 1. The Morgan fingerprint density at radius 3 is 2.64 bits per heavy atom. The Morgan fingerprint density at radius 1 is 1.15 bits per heavy atom. The van der Waals surface area contributed by atoms with E-state index in [-0.39, 0.29) is 11.6 Å². The molecule has 0 saturated carbocycles. The normalized spacial score (nSPS) is 18.5. The molecule has 2 aromatic carbocycles. The molecule has 3 aromatic rings. The SMILES string of the molecule is O=C1c2[nH]nc(-c3ccc(Cl)cc3)c2C(c2cccc([N+](=O)[O-])c2)N1CCN1CCOCC1. The maximum absolute atomic E-state index is 13.4. The van der Waals surface area contributed by atoms with Crippen LogP contribution in [0.5, 0.6) is 0 Å². The lowest BCUT2D eigenvalue weighted by Crippen LogP contribution is -2.42. The minimum atomic E-state index is -0.488. The molecule has 170 valence electrons. The van der Waals surface area contributed by atoms with Gasteiger partial charge in [-0.1, -0.05) is 35.9 Å². The number of nitro benzene ring substituents is 1. The first-order valence-corrected chi connectivity index (χ1v) is 11.1. The number of hydrogen-bond acceptors (Lipinski definition) is 6. The zero-order valence-corrected chi connectivity index (χ0v) is 18.5. The van der Waals surface area contributed by atoms with Gasteiger partial charge in [0.2, 0.25) is 0 Å². The van der Waals surface area contributed by atoms with Gasteiger partial charge in [-0.15, -0.1) is 0 Å². The van der Waals surface area contributed by atoms with Crippen molar-refractivity contribution >= 4 is 23.2 Å². The van der Waals surface area contributed by atoms with E-state index in [1.54, 1.807) is 23.1 Å². The molecule has 1 unspecified atom stereocenters. The number of nitro groups is 1. The summed E-state index contributed by atoms with van der Waals surface area (Å²) in [6.07, 6.45) is 0. The van der Waals surface area contributed by atoms with Gasteiger partial charge in [-0.3, -0.25) is 24.9 Å².